The van der Waals surface area contributed by atoms with Crippen molar-refractivity contribution in [3.05, 3.63) is 28.5 Å². The zero-order valence-corrected chi connectivity index (χ0v) is 12.5. The van der Waals surface area contributed by atoms with Gasteiger partial charge in [-0.1, -0.05) is 11.6 Å². The van der Waals surface area contributed by atoms with Crippen molar-refractivity contribution in [2.45, 2.75) is 24.4 Å². The fourth-order valence-corrected chi connectivity index (χ4v) is 4.19. The van der Waals surface area contributed by atoms with Gasteiger partial charge in [0, 0.05) is 29.7 Å². The molecule has 1 fully saturated rings. The lowest BCUT2D eigenvalue weighted by molar-refractivity contribution is 0.0392. The van der Waals surface area contributed by atoms with Crippen molar-refractivity contribution < 1.29 is 17.5 Å². The van der Waals surface area contributed by atoms with E-state index in [0.29, 0.717) is 0 Å². The van der Waals surface area contributed by atoms with Crippen LogP contribution in [0.2, 0.25) is 5.02 Å². The number of morpholine rings is 1. The molecule has 2 N–H and O–H groups in total. The summed E-state index contributed by atoms with van der Waals surface area (Å²) in [5.41, 5.74) is 5.49. The highest BCUT2D eigenvalue weighted by Crippen LogP contribution is 2.28. The standard InChI is InChI=1S/C12H16ClFN2O3S/c1-8-7-19-3-2-16(8)20(17,18)11-5-10(13)4-9(6-15)12(11)14/h4-5,8H,2-3,6-7,15H2,1H3. The second kappa shape index (κ2) is 5.95. The van der Waals surface area contributed by atoms with Crippen LogP contribution >= 0.6 is 11.6 Å². The molecule has 0 bridgehead atoms. The summed E-state index contributed by atoms with van der Waals surface area (Å²) >= 11 is 5.85. The summed E-state index contributed by atoms with van der Waals surface area (Å²) in [7, 11) is -3.96. The minimum Gasteiger partial charge on any atom is -0.378 e. The van der Waals surface area contributed by atoms with E-state index in [1.54, 1.807) is 6.92 Å². The first kappa shape index (κ1) is 15.7. The molecule has 0 spiro atoms. The summed E-state index contributed by atoms with van der Waals surface area (Å²) < 4.78 is 45.8. The minimum absolute atomic E-state index is 0.0805. The first-order valence-electron chi connectivity index (χ1n) is 6.15. The van der Waals surface area contributed by atoms with Crippen molar-refractivity contribution in [1.82, 2.24) is 4.31 Å². The first-order valence-corrected chi connectivity index (χ1v) is 7.97. The molecule has 1 aromatic rings. The molecule has 1 unspecified atom stereocenters. The summed E-state index contributed by atoms with van der Waals surface area (Å²) in [5.74, 6) is -0.837. The van der Waals surface area contributed by atoms with Gasteiger partial charge in [0.25, 0.3) is 0 Å². The summed E-state index contributed by atoms with van der Waals surface area (Å²) in [6, 6.07) is 2.10. The van der Waals surface area contributed by atoms with Gasteiger partial charge in [0.2, 0.25) is 10.0 Å². The maximum atomic E-state index is 14.3. The quantitative estimate of drug-likeness (QED) is 0.911. The molecule has 2 rings (SSSR count). The molecular formula is C12H16ClFN2O3S. The molecule has 1 atom stereocenters. The molecule has 0 aromatic heterocycles. The van der Waals surface area contributed by atoms with Crippen LogP contribution in [0, 0.1) is 5.82 Å². The number of ether oxygens (including phenoxy) is 1. The van der Waals surface area contributed by atoms with Crippen molar-refractivity contribution in [3.63, 3.8) is 0 Å². The minimum atomic E-state index is -3.96. The Hall–Kier alpha value is -0.730. The predicted molar refractivity (Wildman–Crippen MR) is 73.5 cm³/mol. The second-order valence-electron chi connectivity index (χ2n) is 4.62. The number of halogens is 2. The lowest BCUT2D eigenvalue weighted by Gasteiger charge is -2.32. The zero-order chi connectivity index (χ0) is 14.9. The Kier molecular flexibility index (Phi) is 4.66. The van der Waals surface area contributed by atoms with Crippen LogP contribution in [-0.4, -0.2) is 38.5 Å². The average molecular weight is 323 g/mol. The lowest BCUT2D eigenvalue weighted by Crippen LogP contribution is -2.47. The number of nitrogens with zero attached hydrogens (tertiary/aromatic N) is 1. The van der Waals surface area contributed by atoms with E-state index in [9.17, 15) is 12.8 Å². The normalized spacial score (nSPS) is 21.1. The molecule has 1 aliphatic rings. The van der Waals surface area contributed by atoms with E-state index in [-0.39, 0.29) is 42.9 Å². The number of hydrogen-bond acceptors (Lipinski definition) is 4. The molecule has 0 amide bonds. The highest BCUT2D eigenvalue weighted by Gasteiger charge is 2.34. The molecule has 5 nitrogen and oxygen atoms in total. The van der Waals surface area contributed by atoms with Crippen LogP contribution in [0.5, 0.6) is 0 Å². The topological polar surface area (TPSA) is 72.6 Å². The second-order valence-corrected chi connectivity index (χ2v) is 6.92. The molecule has 1 heterocycles. The first-order chi connectivity index (χ1) is 9.37. The molecule has 8 heteroatoms. The third-order valence-corrected chi connectivity index (χ3v) is 5.42. The maximum absolute atomic E-state index is 14.3. The Morgan fingerprint density at radius 3 is 2.85 bits per heavy atom. The molecule has 1 saturated heterocycles. The van der Waals surface area contributed by atoms with Crippen LogP contribution in [0.25, 0.3) is 0 Å². The number of nitrogens with two attached hydrogens (primary N) is 1. The van der Waals surface area contributed by atoms with Gasteiger partial charge in [0.15, 0.2) is 0 Å². The number of rotatable bonds is 3. The molecule has 1 aromatic carbocycles. The SMILES string of the molecule is CC1COCCN1S(=O)(=O)c1cc(Cl)cc(CN)c1F. The van der Waals surface area contributed by atoms with Crippen molar-refractivity contribution >= 4 is 21.6 Å². The van der Waals surface area contributed by atoms with Crippen LogP contribution in [-0.2, 0) is 21.3 Å². The van der Waals surface area contributed by atoms with Crippen molar-refractivity contribution in [2.75, 3.05) is 19.8 Å². The third-order valence-electron chi connectivity index (χ3n) is 3.19. The van der Waals surface area contributed by atoms with Gasteiger partial charge in [0.05, 0.1) is 13.2 Å². The van der Waals surface area contributed by atoms with Crippen LogP contribution in [0.1, 0.15) is 12.5 Å². The Morgan fingerprint density at radius 2 is 2.25 bits per heavy atom. The van der Waals surface area contributed by atoms with Crippen molar-refractivity contribution in [1.29, 1.82) is 0 Å². The van der Waals surface area contributed by atoms with Crippen molar-refractivity contribution in [2.24, 2.45) is 5.73 Å². The Morgan fingerprint density at radius 1 is 1.55 bits per heavy atom. The van der Waals surface area contributed by atoms with Gasteiger partial charge in [-0.05, 0) is 19.1 Å². The molecule has 20 heavy (non-hydrogen) atoms. The highest BCUT2D eigenvalue weighted by molar-refractivity contribution is 7.89. The van der Waals surface area contributed by atoms with Crippen LogP contribution in [0.15, 0.2) is 17.0 Å². The van der Waals surface area contributed by atoms with Crippen LogP contribution in [0.4, 0.5) is 4.39 Å². The smallest absolute Gasteiger partial charge is 0.246 e. The van der Waals surface area contributed by atoms with Gasteiger partial charge in [-0.25, -0.2) is 12.8 Å². The molecule has 0 saturated carbocycles. The number of hydrogen-bond donors (Lipinski definition) is 1. The predicted octanol–water partition coefficient (Wildman–Crippen LogP) is 1.35. The summed E-state index contributed by atoms with van der Waals surface area (Å²) in [4.78, 5) is -0.431. The fraction of sp³-hybridized carbons (Fsp3) is 0.500. The third kappa shape index (κ3) is 2.82. The van der Waals surface area contributed by atoms with Gasteiger partial charge < -0.3 is 10.5 Å². The van der Waals surface area contributed by atoms with Crippen molar-refractivity contribution in [3.8, 4) is 0 Å². The van der Waals surface area contributed by atoms with Crippen LogP contribution in [0.3, 0.4) is 0 Å². The zero-order valence-electron chi connectivity index (χ0n) is 11.0. The lowest BCUT2D eigenvalue weighted by atomic mass is 10.2. The largest absolute Gasteiger partial charge is 0.378 e. The van der Waals surface area contributed by atoms with Gasteiger partial charge in [0.1, 0.15) is 10.7 Å². The fourth-order valence-electron chi connectivity index (χ4n) is 2.15. The molecule has 0 radical (unpaired) electrons. The van der Waals surface area contributed by atoms with Gasteiger partial charge in [-0.3, -0.25) is 0 Å². The summed E-state index contributed by atoms with van der Waals surface area (Å²) in [6.07, 6.45) is 0. The van der Waals surface area contributed by atoms with E-state index >= 15 is 0 Å². The maximum Gasteiger partial charge on any atom is 0.246 e. The van der Waals surface area contributed by atoms with E-state index in [1.807, 2.05) is 0 Å². The number of benzene rings is 1. The summed E-state index contributed by atoms with van der Waals surface area (Å²) in [6.45, 7) is 2.35. The molecular weight excluding hydrogens is 307 g/mol. The van der Waals surface area contributed by atoms with E-state index in [0.717, 1.165) is 6.07 Å². The molecule has 0 aliphatic carbocycles. The van der Waals surface area contributed by atoms with Gasteiger partial charge in [-0.2, -0.15) is 4.31 Å². The monoisotopic (exact) mass is 322 g/mol. The van der Waals surface area contributed by atoms with Gasteiger partial charge in [-0.15, -0.1) is 0 Å². The Labute approximate surface area is 122 Å². The van der Waals surface area contributed by atoms with E-state index in [2.05, 4.69) is 0 Å². The molecule has 112 valence electrons. The van der Waals surface area contributed by atoms with E-state index < -0.39 is 20.7 Å². The van der Waals surface area contributed by atoms with Gasteiger partial charge >= 0.3 is 0 Å². The summed E-state index contributed by atoms with van der Waals surface area (Å²) in [5, 5.41) is 0.145. The Bertz CT molecular complexity index is 609. The van der Waals surface area contributed by atoms with E-state index in [1.165, 1.54) is 10.4 Å². The average Bonchev–Trinajstić information content (AvgIpc) is 2.41. The Balaban J connectivity index is 2.51. The van der Waals surface area contributed by atoms with E-state index in [4.69, 9.17) is 22.1 Å². The highest BCUT2D eigenvalue weighted by atomic mass is 35.5. The molecule has 1 aliphatic heterocycles. The van der Waals surface area contributed by atoms with Crippen LogP contribution < -0.4 is 5.73 Å². The number of sulfonamides is 1.